The fourth-order valence-corrected chi connectivity index (χ4v) is 3.14. The summed E-state index contributed by atoms with van der Waals surface area (Å²) in [6, 6.07) is 10.9. The van der Waals surface area contributed by atoms with Crippen LogP contribution in [0.1, 0.15) is 30.5 Å². The van der Waals surface area contributed by atoms with Crippen molar-refractivity contribution in [3.05, 3.63) is 59.9 Å². The number of rotatable bonds is 5. The van der Waals surface area contributed by atoms with Gasteiger partial charge in [-0.2, -0.15) is 0 Å². The minimum atomic E-state index is -0.507. The number of nitrogens with zero attached hydrogens (tertiary/aromatic N) is 2. The Kier molecular flexibility index (Phi) is 4.97. The summed E-state index contributed by atoms with van der Waals surface area (Å²) >= 11 is 0. The number of carbonyl (C=O) groups is 2. The van der Waals surface area contributed by atoms with Crippen LogP contribution >= 0.6 is 0 Å². The number of amides is 1. The molecule has 1 saturated heterocycles. The molecule has 0 N–H and O–H groups in total. The summed E-state index contributed by atoms with van der Waals surface area (Å²) in [6.45, 7) is 1.79. The highest BCUT2D eigenvalue weighted by Gasteiger charge is 2.42. The van der Waals surface area contributed by atoms with E-state index in [-0.39, 0.29) is 18.4 Å². The van der Waals surface area contributed by atoms with Gasteiger partial charge in [0.2, 0.25) is 5.91 Å². The Morgan fingerprint density at radius 3 is 2.64 bits per heavy atom. The third-order valence-electron chi connectivity index (χ3n) is 4.24. The summed E-state index contributed by atoms with van der Waals surface area (Å²) in [5.41, 5.74) is 1.83. The van der Waals surface area contributed by atoms with E-state index in [1.807, 2.05) is 36.4 Å². The fourth-order valence-electron chi connectivity index (χ4n) is 3.14. The van der Waals surface area contributed by atoms with Crippen LogP contribution in [-0.4, -0.2) is 35.0 Å². The molecule has 6 heteroatoms. The highest BCUT2D eigenvalue weighted by Crippen LogP contribution is 2.36. The first-order valence-corrected chi connectivity index (χ1v) is 8.08. The fraction of sp³-hybridized carbons (Fsp3) is 0.316. The Labute approximate surface area is 146 Å². The molecule has 0 bridgehead atoms. The van der Waals surface area contributed by atoms with E-state index in [2.05, 4.69) is 4.98 Å². The Morgan fingerprint density at radius 2 is 2.04 bits per heavy atom. The van der Waals surface area contributed by atoms with Gasteiger partial charge in [0.1, 0.15) is 11.9 Å². The first-order valence-electron chi connectivity index (χ1n) is 8.08. The predicted octanol–water partition coefficient (Wildman–Crippen LogP) is 2.50. The van der Waals surface area contributed by atoms with Crippen LogP contribution in [0.2, 0.25) is 0 Å². The molecule has 2 atom stereocenters. The van der Waals surface area contributed by atoms with Gasteiger partial charge in [0.15, 0.2) is 0 Å². The van der Waals surface area contributed by atoms with Crippen LogP contribution in [0.5, 0.6) is 5.75 Å². The van der Waals surface area contributed by atoms with Crippen LogP contribution in [0.25, 0.3) is 0 Å². The first kappa shape index (κ1) is 17.0. The van der Waals surface area contributed by atoms with E-state index in [4.69, 9.17) is 9.47 Å². The molecule has 1 aliphatic rings. The Bertz CT molecular complexity index is 746. The van der Waals surface area contributed by atoms with E-state index in [1.165, 1.54) is 6.92 Å². The highest BCUT2D eigenvalue weighted by atomic mass is 16.5. The Balaban J connectivity index is 1.88. The van der Waals surface area contributed by atoms with Gasteiger partial charge in [-0.1, -0.05) is 18.2 Å². The van der Waals surface area contributed by atoms with Gasteiger partial charge >= 0.3 is 5.97 Å². The molecule has 1 fully saturated rings. The standard InChI is InChI=1S/C19H20N2O4/c1-13(22)25-17-10-18(23)21(19(17)15-4-3-9-20-11-15)12-14-5-7-16(24-2)8-6-14/h3-9,11,17,19H,10,12H2,1-2H3/t17?,19-/m1/s1. The van der Waals surface area contributed by atoms with Gasteiger partial charge in [-0.15, -0.1) is 0 Å². The lowest BCUT2D eigenvalue weighted by Crippen LogP contribution is -2.31. The molecule has 1 amide bonds. The summed E-state index contributed by atoms with van der Waals surface area (Å²) in [4.78, 5) is 29.9. The number of benzene rings is 1. The van der Waals surface area contributed by atoms with E-state index < -0.39 is 12.1 Å². The summed E-state index contributed by atoms with van der Waals surface area (Å²) in [5.74, 6) is 0.326. The Hall–Kier alpha value is -2.89. The number of methoxy groups -OCH3 is 1. The first-order chi connectivity index (χ1) is 12.1. The summed E-state index contributed by atoms with van der Waals surface area (Å²) in [6.07, 6.45) is 3.05. The third-order valence-corrected chi connectivity index (χ3v) is 4.24. The van der Waals surface area contributed by atoms with Crippen molar-refractivity contribution in [3.63, 3.8) is 0 Å². The highest BCUT2D eigenvalue weighted by molar-refractivity contribution is 5.81. The maximum Gasteiger partial charge on any atom is 0.303 e. The molecule has 1 aromatic heterocycles. The second-order valence-electron chi connectivity index (χ2n) is 5.95. The largest absolute Gasteiger partial charge is 0.497 e. The van der Waals surface area contributed by atoms with Crippen molar-refractivity contribution >= 4 is 11.9 Å². The number of esters is 1. The normalized spacial score (nSPS) is 19.8. The van der Waals surface area contributed by atoms with E-state index in [0.717, 1.165) is 16.9 Å². The summed E-state index contributed by atoms with van der Waals surface area (Å²) < 4.78 is 10.6. The monoisotopic (exact) mass is 340 g/mol. The minimum absolute atomic E-state index is 0.0454. The number of likely N-dealkylation sites (tertiary alicyclic amines) is 1. The maximum absolute atomic E-state index is 12.6. The molecule has 0 aliphatic carbocycles. The van der Waals surface area contributed by atoms with Gasteiger partial charge in [-0.05, 0) is 29.3 Å². The van der Waals surface area contributed by atoms with Crippen LogP contribution in [0, 0.1) is 0 Å². The molecule has 0 saturated carbocycles. The van der Waals surface area contributed by atoms with Gasteiger partial charge in [0, 0.05) is 25.9 Å². The molecule has 25 heavy (non-hydrogen) atoms. The van der Waals surface area contributed by atoms with Crippen molar-refractivity contribution in [1.29, 1.82) is 0 Å². The second kappa shape index (κ2) is 7.34. The number of pyridine rings is 1. The zero-order chi connectivity index (χ0) is 17.8. The van der Waals surface area contributed by atoms with Gasteiger partial charge in [0.25, 0.3) is 0 Å². The zero-order valence-corrected chi connectivity index (χ0v) is 14.2. The van der Waals surface area contributed by atoms with Crippen LogP contribution in [0.4, 0.5) is 0 Å². The molecule has 3 rings (SSSR count). The van der Waals surface area contributed by atoms with Crippen LogP contribution in [0.3, 0.4) is 0 Å². The molecule has 2 heterocycles. The topological polar surface area (TPSA) is 68.7 Å². The second-order valence-corrected chi connectivity index (χ2v) is 5.95. The van der Waals surface area contributed by atoms with Gasteiger partial charge in [-0.25, -0.2) is 0 Å². The van der Waals surface area contributed by atoms with Crippen molar-refractivity contribution in [2.45, 2.75) is 32.0 Å². The van der Waals surface area contributed by atoms with Crippen molar-refractivity contribution in [2.75, 3.05) is 7.11 Å². The number of hydrogen-bond donors (Lipinski definition) is 0. The lowest BCUT2D eigenvalue weighted by atomic mass is 10.0. The van der Waals surface area contributed by atoms with Crippen LogP contribution in [0.15, 0.2) is 48.8 Å². The summed E-state index contributed by atoms with van der Waals surface area (Å²) in [5, 5.41) is 0. The lowest BCUT2D eigenvalue weighted by Gasteiger charge is -2.28. The van der Waals surface area contributed by atoms with Crippen molar-refractivity contribution in [3.8, 4) is 5.75 Å². The van der Waals surface area contributed by atoms with E-state index in [0.29, 0.717) is 6.54 Å². The van der Waals surface area contributed by atoms with Gasteiger partial charge in [0.05, 0.1) is 19.6 Å². The predicted molar refractivity (Wildman–Crippen MR) is 90.7 cm³/mol. The van der Waals surface area contributed by atoms with E-state index >= 15 is 0 Å². The van der Waals surface area contributed by atoms with Crippen molar-refractivity contribution in [2.24, 2.45) is 0 Å². The number of aromatic nitrogens is 1. The minimum Gasteiger partial charge on any atom is -0.497 e. The van der Waals surface area contributed by atoms with E-state index in [1.54, 1.807) is 24.4 Å². The Morgan fingerprint density at radius 1 is 1.28 bits per heavy atom. The molecule has 0 spiro atoms. The van der Waals surface area contributed by atoms with Crippen LogP contribution in [-0.2, 0) is 20.9 Å². The molecular weight excluding hydrogens is 320 g/mol. The molecule has 0 radical (unpaired) electrons. The zero-order valence-electron chi connectivity index (χ0n) is 14.2. The molecular formula is C19H20N2O4. The molecule has 1 aliphatic heterocycles. The SMILES string of the molecule is COc1ccc(CN2C(=O)CC(OC(C)=O)[C@H]2c2cccnc2)cc1. The number of ether oxygens (including phenoxy) is 2. The smallest absolute Gasteiger partial charge is 0.303 e. The average Bonchev–Trinajstić information content (AvgIpc) is 2.91. The molecule has 2 aromatic rings. The lowest BCUT2D eigenvalue weighted by molar-refractivity contribution is -0.147. The third kappa shape index (κ3) is 3.79. The molecule has 1 aromatic carbocycles. The average molecular weight is 340 g/mol. The molecule has 1 unspecified atom stereocenters. The summed E-state index contributed by atoms with van der Waals surface area (Å²) in [7, 11) is 1.61. The van der Waals surface area contributed by atoms with Gasteiger partial charge in [-0.3, -0.25) is 14.6 Å². The quantitative estimate of drug-likeness (QED) is 0.782. The van der Waals surface area contributed by atoms with E-state index in [9.17, 15) is 9.59 Å². The molecule has 130 valence electrons. The number of carbonyl (C=O) groups excluding carboxylic acids is 2. The molecule has 6 nitrogen and oxygen atoms in total. The van der Waals surface area contributed by atoms with Gasteiger partial charge < -0.3 is 14.4 Å². The maximum atomic E-state index is 12.6. The number of hydrogen-bond acceptors (Lipinski definition) is 5. The van der Waals surface area contributed by atoms with Crippen LogP contribution < -0.4 is 4.74 Å². The van der Waals surface area contributed by atoms with Crippen molar-refractivity contribution in [1.82, 2.24) is 9.88 Å². The van der Waals surface area contributed by atoms with Crippen molar-refractivity contribution < 1.29 is 19.1 Å².